The number of aliphatic imine (C=N–C) groups is 1. The molecule has 5 nitrogen and oxygen atoms in total. The van der Waals surface area contributed by atoms with Crippen molar-refractivity contribution in [2.75, 3.05) is 33.9 Å². The quantitative estimate of drug-likeness (QED) is 0.438. The first kappa shape index (κ1) is 17.5. The van der Waals surface area contributed by atoms with Gasteiger partial charge in [-0.1, -0.05) is 6.07 Å². The number of nitrogens with one attached hydrogen (secondary N) is 2. The number of benzene rings is 1. The number of hydrogen-bond acceptors (Lipinski definition) is 3. The molecule has 1 saturated carbocycles. The van der Waals surface area contributed by atoms with Crippen LogP contribution in [0.2, 0.25) is 0 Å². The molecule has 0 heterocycles. The zero-order chi connectivity index (χ0) is 16.7. The summed E-state index contributed by atoms with van der Waals surface area (Å²) in [5.41, 5.74) is 0.843. The van der Waals surface area contributed by atoms with Crippen molar-refractivity contribution in [1.82, 2.24) is 10.6 Å². The molecule has 0 amide bonds. The lowest BCUT2D eigenvalue weighted by molar-refractivity contribution is 0.203. The summed E-state index contributed by atoms with van der Waals surface area (Å²) >= 11 is 0. The van der Waals surface area contributed by atoms with Gasteiger partial charge >= 0.3 is 0 Å². The van der Waals surface area contributed by atoms with Crippen LogP contribution in [0.4, 0.5) is 4.39 Å². The van der Waals surface area contributed by atoms with Crippen molar-refractivity contribution in [3.8, 4) is 5.75 Å². The lowest BCUT2D eigenvalue weighted by atomic mass is 10.1. The average Bonchev–Trinajstić information content (AvgIpc) is 3.37. The number of guanidine groups is 1. The maximum absolute atomic E-state index is 14.1. The van der Waals surface area contributed by atoms with E-state index in [0.29, 0.717) is 37.4 Å². The Morgan fingerprint density at radius 1 is 1.43 bits per heavy atom. The second-order valence-corrected chi connectivity index (χ2v) is 5.80. The minimum atomic E-state index is -0.320. The van der Waals surface area contributed by atoms with Crippen LogP contribution >= 0.6 is 0 Å². The fraction of sp³-hybridized carbons (Fsp3) is 0.588. The van der Waals surface area contributed by atoms with Gasteiger partial charge in [0.1, 0.15) is 0 Å². The van der Waals surface area contributed by atoms with Crippen LogP contribution in [0.5, 0.6) is 5.75 Å². The molecule has 1 fully saturated rings. The Morgan fingerprint density at radius 3 is 2.83 bits per heavy atom. The van der Waals surface area contributed by atoms with Gasteiger partial charge in [0.05, 0.1) is 19.3 Å². The zero-order valence-corrected chi connectivity index (χ0v) is 14.1. The molecule has 0 radical (unpaired) electrons. The molecule has 128 valence electrons. The van der Waals surface area contributed by atoms with Crippen LogP contribution in [0.1, 0.15) is 31.4 Å². The van der Waals surface area contributed by atoms with Gasteiger partial charge in [-0.3, -0.25) is 4.99 Å². The molecule has 6 heteroatoms. The highest BCUT2D eigenvalue weighted by Gasteiger charge is 2.22. The van der Waals surface area contributed by atoms with Gasteiger partial charge < -0.3 is 20.1 Å². The number of hydrogen-bond donors (Lipinski definition) is 2. The lowest BCUT2D eigenvalue weighted by Gasteiger charge is -2.19. The monoisotopic (exact) mass is 323 g/mol. The lowest BCUT2D eigenvalue weighted by Crippen LogP contribution is -2.40. The second-order valence-electron chi connectivity index (χ2n) is 5.80. The topological polar surface area (TPSA) is 54.9 Å². The van der Waals surface area contributed by atoms with E-state index >= 15 is 0 Å². The number of nitrogens with zero attached hydrogens (tertiary/aromatic N) is 1. The highest BCUT2D eigenvalue weighted by atomic mass is 19.1. The highest BCUT2D eigenvalue weighted by molar-refractivity contribution is 5.80. The molecule has 1 aliphatic carbocycles. The summed E-state index contributed by atoms with van der Waals surface area (Å²) in [4.78, 5) is 4.14. The maximum Gasteiger partial charge on any atom is 0.191 e. The van der Waals surface area contributed by atoms with Crippen LogP contribution in [0.25, 0.3) is 0 Å². The first-order valence-electron chi connectivity index (χ1n) is 8.02. The van der Waals surface area contributed by atoms with Crippen molar-refractivity contribution in [3.05, 3.63) is 29.6 Å². The Hall–Kier alpha value is -1.82. The normalized spacial score (nSPS) is 16.1. The summed E-state index contributed by atoms with van der Waals surface area (Å²) in [6.45, 7) is 3.82. The predicted molar refractivity (Wildman–Crippen MR) is 89.4 cm³/mol. The van der Waals surface area contributed by atoms with Crippen LogP contribution in [-0.2, 0) is 4.74 Å². The van der Waals surface area contributed by atoms with Crippen LogP contribution < -0.4 is 15.4 Å². The smallest absolute Gasteiger partial charge is 0.191 e. The van der Waals surface area contributed by atoms with Crippen molar-refractivity contribution in [2.24, 2.45) is 10.9 Å². The minimum Gasteiger partial charge on any atom is -0.490 e. The molecular weight excluding hydrogens is 297 g/mol. The Bertz CT molecular complexity index is 533. The SMILES string of the molecule is CN=C(NCCOC)NC(C)c1ccc(OCC2CC2)c(F)c1. The molecular formula is C17H26FN3O2. The summed E-state index contributed by atoms with van der Waals surface area (Å²) in [5, 5.41) is 6.36. The highest BCUT2D eigenvalue weighted by Crippen LogP contribution is 2.30. The zero-order valence-electron chi connectivity index (χ0n) is 14.1. The fourth-order valence-corrected chi connectivity index (χ4v) is 2.15. The molecule has 1 aromatic carbocycles. The van der Waals surface area contributed by atoms with Crippen LogP contribution in [0, 0.1) is 11.7 Å². The maximum atomic E-state index is 14.1. The molecule has 1 atom stereocenters. The van der Waals surface area contributed by atoms with Gasteiger partial charge in [-0.2, -0.15) is 0 Å². The Labute approximate surface area is 137 Å². The van der Waals surface area contributed by atoms with Gasteiger partial charge in [0.2, 0.25) is 0 Å². The summed E-state index contributed by atoms with van der Waals surface area (Å²) < 4.78 is 24.6. The van der Waals surface area contributed by atoms with Crippen molar-refractivity contribution >= 4 is 5.96 Å². The molecule has 0 aromatic heterocycles. The van der Waals surface area contributed by atoms with Crippen LogP contribution in [-0.4, -0.2) is 39.9 Å². The van der Waals surface area contributed by atoms with Crippen molar-refractivity contribution in [3.63, 3.8) is 0 Å². The van der Waals surface area contributed by atoms with Crippen LogP contribution in [0.3, 0.4) is 0 Å². The van der Waals surface area contributed by atoms with Gasteiger partial charge in [-0.15, -0.1) is 0 Å². The third-order valence-corrected chi connectivity index (χ3v) is 3.80. The van der Waals surface area contributed by atoms with E-state index in [1.807, 2.05) is 13.0 Å². The molecule has 0 spiro atoms. The third kappa shape index (κ3) is 5.71. The van der Waals surface area contributed by atoms with E-state index in [1.165, 1.54) is 18.9 Å². The number of rotatable bonds is 8. The summed E-state index contributed by atoms with van der Waals surface area (Å²) in [5.74, 6) is 1.27. The van der Waals surface area contributed by atoms with Crippen LogP contribution in [0.15, 0.2) is 23.2 Å². The van der Waals surface area contributed by atoms with E-state index in [-0.39, 0.29) is 11.9 Å². The molecule has 2 rings (SSSR count). The van der Waals surface area contributed by atoms with E-state index in [1.54, 1.807) is 20.2 Å². The molecule has 0 bridgehead atoms. The summed E-state index contributed by atoms with van der Waals surface area (Å²) in [6, 6.07) is 5.02. The first-order valence-corrected chi connectivity index (χ1v) is 8.02. The molecule has 1 aliphatic rings. The molecule has 23 heavy (non-hydrogen) atoms. The van der Waals surface area contributed by atoms with Gasteiger partial charge in [0.25, 0.3) is 0 Å². The largest absolute Gasteiger partial charge is 0.490 e. The van der Waals surface area contributed by atoms with E-state index in [2.05, 4.69) is 15.6 Å². The molecule has 0 aliphatic heterocycles. The number of halogens is 1. The summed E-state index contributed by atoms with van der Waals surface area (Å²) in [6.07, 6.45) is 2.38. The molecule has 0 saturated heterocycles. The van der Waals surface area contributed by atoms with Gasteiger partial charge in [0, 0.05) is 20.7 Å². The Balaban J connectivity index is 1.89. The molecule has 1 aromatic rings. The van der Waals surface area contributed by atoms with Crippen molar-refractivity contribution in [1.29, 1.82) is 0 Å². The predicted octanol–water partition coefficient (Wildman–Crippen LogP) is 2.49. The first-order chi connectivity index (χ1) is 11.1. The van der Waals surface area contributed by atoms with Crippen molar-refractivity contribution in [2.45, 2.75) is 25.8 Å². The number of methoxy groups -OCH3 is 1. The Morgan fingerprint density at radius 2 is 2.22 bits per heavy atom. The van der Waals surface area contributed by atoms with Gasteiger partial charge in [-0.25, -0.2) is 4.39 Å². The van der Waals surface area contributed by atoms with E-state index in [0.717, 1.165) is 5.56 Å². The van der Waals surface area contributed by atoms with E-state index < -0.39 is 0 Å². The second kappa shape index (κ2) is 8.72. The van der Waals surface area contributed by atoms with Crippen molar-refractivity contribution < 1.29 is 13.9 Å². The van der Waals surface area contributed by atoms with E-state index in [4.69, 9.17) is 9.47 Å². The Kier molecular flexibility index (Phi) is 6.65. The van der Waals surface area contributed by atoms with Gasteiger partial charge in [0.15, 0.2) is 17.5 Å². The standard InChI is InChI=1S/C17H26FN3O2/c1-12(21-17(19-2)20-8-9-22-3)14-6-7-16(15(18)10-14)23-11-13-4-5-13/h6-7,10,12-13H,4-5,8-9,11H2,1-3H3,(H2,19,20,21). The minimum absolute atomic E-state index is 0.0734. The van der Waals surface area contributed by atoms with Gasteiger partial charge in [-0.05, 0) is 43.4 Å². The average molecular weight is 323 g/mol. The summed E-state index contributed by atoms with van der Waals surface area (Å²) in [7, 11) is 3.35. The number of ether oxygens (including phenoxy) is 2. The third-order valence-electron chi connectivity index (χ3n) is 3.80. The molecule has 2 N–H and O–H groups in total. The van der Waals surface area contributed by atoms with E-state index in [9.17, 15) is 4.39 Å². The fourth-order valence-electron chi connectivity index (χ4n) is 2.15. The molecule has 1 unspecified atom stereocenters.